The number of carbonyl (C=O) groups excluding carboxylic acids is 1. The van der Waals surface area contributed by atoms with Crippen LogP contribution in [0.5, 0.6) is 0 Å². The second-order valence-corrected chi connectivity index (χ2v) is 10.4. The molecule has 0 unspecified atom stereocenters. The molecule has 2 heterocycles. The van der Waals surface area contributed by atoms with Gasteiger partial charge >= 0.3 is 6.09 Å². The van der Waals surface area contributed by atoms with Crippen molar-refractivity contribution in [3.63, 3.8) is 0 Å². The third kappa shape index (κ3) is 4.79. The Hall–Kier alpha value is -2.91. The van der Waals surface area contributed by atoms with Gasteiger partial charge in [-0.15, -0.1) is 0 Å². The van der Waals surface area contributed by atoms with Gasteiger partial charge in [-0.25, -0.2) is 18.6 Å². The van der Waals surface area contributed by atoms with E-state index in [0.29, 0.717) is 0 Å². The number of fused-ring (bicyclic) bond motifs is 1. The lowest BCUT2D eigenvalue weighted by Gasteiger charge is -2.34. The average molecular weight is 525 g/mol. The summed E-state index contributed by atoms with van der Waals surface area (Å²) in [4.78, 5) is 30.9. The molecule has 0 bridgehead atoms. The van der Waals surface area contributed by atoms with Crippen LogP contribution in [0.25, 0.3) is 10.9 Å². The Morgan fingerprint density at radius 2 is 1.91 bits per heavy atom. The highest BCUT2D eigenvalue weighted by Gasteiger charge is 2.46. The van der Waals surface area contributed by atoms with Crippen molar-refractivity contribution in [3.8, 4) is 0 Å². The zero-order valence-electron chi connectivity index (χ0n) is 19.6. The molecule has 0 radical (unpaired) electrons. The predicted octanol–water partition coefficient (Wildman–Crippen LogP) is 5.47. The summed E-state index contributed by atoms with van der Waals surface area (Å²) in [7, 11) is 1.53. The number of hydrogen-bond acceptors (Lipinski definition) is 5. The van der Waals surface area contributed by atoms with Gasteiger partial charge < -0.3 is 19.5 Å². The maximum Gasteiger partial charge on any atom is 0.410 e. The van der Waals surface area contributed by atoms with E-state index in [4.69, 9.17) is 27.9 Å². The van der Waals surface area contributed by atoms with Crippen molar-refractivity contribution in [2.24, 2.45) is 7.05 Å². The first-order valence-electron chi connectivity index (χ1n) is 10.9. The van der Waals surface area contributed by atoms with E-state index in [1.54, 1.807) is 20.8 Å². The number of halogens is 4. The number of likely N-dealkylation sites (tertiary alicyclic amines) is 1. The summed E-state index contributed by atoms with van der Waals surface area (Å²) >= 11 is 12.6. The van der Waals surface area contributed by atoms with Crippen molar-refractivity contribution in [3.05, 3.63) is 68.2 Å². The molecule has 4 rings (SSSR count). The van der Waals surface area contributed by atoms with Crippen LogP contribution in [0.2, 0.25) is 10.0 Å². The average Bonchev–Trinajstić information content (AvgIpc) is 3.19. The molecule has 11 heteroatoms. The fourth-order valence-corrected chi connectivity index (χ4v) is 4.70. The van der Waals surface area contributed by atoms with Crippen LogP contribution in [0.1, 0.15) is 32.8 Å². The summed E-state index contributed by atoms with van der Waals surface area (Å²) in [5, 5.41) is 3.28. The number of aromatic nitrogens is 2. The molecule has 1 saturated heterocycles. The Bertz CT molecular complexity index is 1390. The summed E-state index contributed by atoms with van der Waals surface area (Å²) in [6.07, 6.45) is 0.873. The van der Waals surface area contributed by atoms with E-state index in [1.807, 2.05) is 0 Å². The smallest absolute Gasteiger partial charge is 0.410 e. The number of ether oxygens (including phenoxy) is 1. The van der Waals surface area contributed by atoms with Gasteiger partial charge in [0, 0.05) is 25.2 Å². The molecule has 0 aliphatic carbocycles. The molecule has 3 aromatic rings. The summed E-state index contributed by atoms with van der Waals surface area (Å²) in [5.74, 6) is -1.37. The number of nitrogens with one attached hydrogen (secondary N) is 1. The van der Waals surface area contributed by atoms with Crippen LogP contribution < -0.4 is 10.9 Å². The Kier molecular flexibility index (Phi) is 6.44. The molecule has 1 N–H and O–H groups in total. The third-order valence-corrected chi connectivity index (χ3v) is 6.63. The van der Waals surface area contributed by atoms with Gasteiger partial charge in [0.15, 0.2) is 0 Å². The van der Waals surface area contributed by atoms with Crippen LogP contribution >= 0.6 is 23.2 Å². The second-order valence-electron chi connectivity index (χ2n) is 9.59. The van der Waals surface area contributed by atoms with E-state index in [1.165, 1.54) is 41.0 Å². The zero-order chi connectivity index (χ0) is 25.7. The SMILES string of the molecule is Cn1cnc2cc(F)c(N[C@]3(c4c(F)ccc(Cl)c4Cl)CCN(C(=O)OC(C)(C)C)C3)cc2c1=O. The maximum absolute atomic E-state index is 15.2. The van der Waals surface area contributed by atoms with Gasteiger partial charge in [0.25, 0.3) is 5.56 Å². The molecule has 186 valence electrons. The molecule has 35 heavy (non-hydrogen) atoms. The van der Waals surface area contributed by atoms with Crippen LogP contribution in [0, 0.1) is 11.6 Å². The molecule has 7 nitrogen and oxygen atoms in total. The first kappa shape index (κ1) is 25.2. The third-order valence-electron chi connectivity index (χ3n) is 5.82. The van der Waals surface area contributed by atoms with Gasteiger partial charge in [-0.1, -0.05) is 23.2 Å². The summed E-state index contributed by atoms with van der Waals surface area (Å²) < 4.78 is 37.2. The number of nitrogens with zero attached hydrogens (tertiary/aromatic N) is 3. The van der Waals surface area contributed by atoms with Gasteiger partial charge in [0.2, 0.25) is 0 Å². The van der Waals surface area contributed by atoms with Crippen LogP contribution in [0.3, 0.4) is 0 Å². The Morgan fingerprint density at radius 3 is 2.60 bits per heavy atom. The highest BCUT2D eigenvalue weighted by atomic mass is 35.5. The number of anilines is 1. The van der Waals surface area contributed by atoms with Crippen LogP contribution in [0.4, 0.5) is 19.3 Å². The van der Waals surface area contributed by atoms with E-state index in [2.05, 4.69) is 10.3 Å². The highest BCUT2D eigenvalue weighted by molar-refractivity contribution is 6.42. The van der Waals surface area contributed by atoms with Gasteiger partial charge in [0.1, 0.15) is 17.2 Å². The lowest BCUT2D eigenvalue weighted by molar-refractivity contribution is 0.0286. The molecule has 1 fully saturated rings. The number of hydrogen-bond donors (Lipinski definition) is 1. The monoisotopic (exact) mass is 524 g/mol. The largest absolute Gasteiger partial charge is 0.444 e. The Labute approximate surface area is 210 Å². The van der Waals surface area contributed by atoms with Crippen LogP contribution in [-0.4, -0.2) is 39.2 Å². The summed E-state index contributed by atoms with van der Waals surface area (Å²) in [6, 6.07) is 4.94. The lowest BCUT2D eigenvalue weighted by atomic mass is 9.87. The maximum atomic E-state index is 15.2. The van der Waals surface area contributed by atoms with Crippen molar-refractivity contribution in [2.75, 3.05) is 18.4 Å². The van der Waals surface area contributed by atoms with Gasteiger partial charge in [0.05, 0.1) is 45.0 Å². The van der Waals surface area contributed by atoms with Gasteiger partial charge in [-0.05, 0) is 45.4 Å². The topological polar surface area (TPSA) is 76.5 Å². The van der Waals surface area contributed by atoms with Crippen molar-refractivity contribution in [1.29, 1.82) is 0 Å². The number of carbonyl (C=O) groups is 1. The van der Waals surface area contributed by atoms with Gasteiger partial charge in [-0.2, -0.15) is 0 Å². The minimum atomic E-state index is -1.36. The fraction of sp³-hybridized carbons (Fsp3) is 0.375. The number of rotatable bonds is 3. The fourth-order valence-electron chi connectivity index (χ4n) is 4.21. The molecule has 0 spiro atoms. The lowest BCUT2D eigenvalue weighted by Crippen LogP contribution is -2.42. The molecule has 1 atom stereocenters. The zero-order valence-corrected chi connectivity index (χ0v) is 21.1. The molecule has 1 aliphatic rings. The van der Waals surface area contributed by atoms with Crippen molar-refractivity contribution in [1.82, 2.24) is 14.5 Å². The quantitative estimate of drug-likeness (QED) is 0.460. The van der Waals surface area contributed by atoms with E-state index in [9.17, 15) is 9.59 Å². The summed E-state index contributed by atoms with van der Waals surface area (Å²) in [6.45, 7) is 5.31. The minimum Gasteiger partial charge on any atom is -0.444 e. The van der Waals surface area contributed by atoms with Crippen molar-refractivity contribution < 1.29 is 18.3 Å². The first-order valence-corrected chi connectivity index (χ1v) is 11.6. The van der Waals surface area contributed by atoms with E-state index >= 15 is 8.78 Å². The molecule has 1 amide bonds. The first-order chi connectivity index (χ1) is 16.3. The van der Waals surface area contributed by atoms with Crippen LogP contribution in [0.15, 0.2) is 35.4 Å². The van der Waals surface area contributed by atoms with Crippen molar-refractivity contribution >= 4 is 45.9 Å². The van der Waals surface area contributed by atoms with E-state index in [-0.39, 0.29) is 57.3 Å². The summed E-state index contributed by atoms with van der Waals surface area (Å²) in [5.41, 5.74) is -2.36. The minimum absolute atomic E-state index is 0.00342. The van der Waals surface area contributed by atoms with Crippen molar-refractivity contribution in [2.45, 2.75) is 38.3 Å². The predicted molar refractivity (Wildman–Crippen MR) is 131 cm³/mol. The molecule has 1 aromatic heterocycles. The van der Waals surface area contributed by atoms with Gasteiger partial charge in [-0.3, -0.25) is 4.79 Å². The molecular weight excluding hydrogens is 501 g/mol. The Morgan fingerprint density at radius 1 is 1.20 bits per heavy atom. The van der Waals surface area contributed by atoms with E-state index in [0.717, 1.165) is 6.07 Å². The Balaban J connectivity index is 1.84. The standard InChI is InChI=1S/C24H24Cl2F2N4O3/c1-23(2,3)35-22(34)32-8-7-24(11-32,19-15(27)6-5-14(25)20(19)26)30-18-9-13-17(10-16(18)28)29-12-31(4)21(13)33/h5-6,9-10,12,30H,7-8,11H2,1-4H3/t24-/m1/s1. The normalized spacial score (nSPS) is 18.2. The number of amides is 1. The molecular formula is C24H24Cl2F2N4O3. The van der Waals surface area contributed by atoms with Crippen LogP contribution in [-0.2, 0) is 17.3 Å². The molecule has 2 aromatic carbocycles. The number of benzene rings is 2. The molecule has 1 aliphatic heterocycles. The second kappa shape index (κ2) is 8.95. The number of aryl methyl sites for hydroxylation is 1. The van der Waals surface area contributed by atoms with E-state index < -0.39 is 28.9 Å². The molecule has 0 saturated carbocycles. The highest BCUT2D eigenvalue weighted by Crippen LogP contribution is 2.43.